The molecule has 2 N–H and O–H groups in total. The van der Waals surface area contributed by atoms with Crippen LogP contribution in [0.4, 0.5) is 10.1 Å². The van der Waals surface area contributed by atoms with Gasteiger partial charge < -0.3 is 9.52 Å². The SMILES string of the molecule is O=C(O)c1ccc(S(=O)(=O)Nc2ccc(F)c(Br)c2)o1. The Kier molecular flexibility index (Phi) is 3.82. The van der Waals surface area contributed by atoms with Gasteiger partial charge in [0.25, 0.3) is 10.0 Å². The fourth-order valence-electron chi connectivity index (χ4n) is 1.34. The summed E-state index contributed by atoms with van der Waals surface area (Å²) in [5.41, 5.74) is 0.103. The molecule has 6 nitrogen and oxygen atoms in total. The number of rotatable bonds is 4. The largest absolute Gasteiger partial charge is 0.475 e. The summed E-state index contributed by atoms with van der Waals surface area (Å²) in [7, 11) is -4.08. The third kappa shape index (κ3) is 2.99. The first kappa shape index (κ1) is 14.5. The number of furan rings is 1. The quantitative estimate of drug-likeness (QED) is 0.870. The minimum atomic E-state index is -4.08. The second kappa shape index (κ2) is 5.25. The van der Waals surface area contributed by atoms with Crippen LogP contribution < -0.4 is 4.72 Å². The lowest BCUT2D eigenvalue weighted by Crippen LogP contribution is -2.12. The van der Waals surface area contributed by atoms with Crippen LogP contribution in [-0.4, -0.2) is 19.5 Å². The number of aromatic carboxylic acids is 1. The van der Waals surface area contributed by atoms with Gasteiger partial charge >= 0.3 is 5.97 Å². The van der Waals surface area contributed by atoms with Gasteiger partial charge in [-0.2, -0.15) is 8.42 Å². The number of halogens is 2. The number of hydrogen-bond donors (Lipinski definition) is 2. The maximum Gasteiger partial charge on any atom is 0.371 e. The summed E-state index contributed by atoms with van der Waals surface area (Å²) in [4.78, 5) is 10.6. The van der Waals surface area contributed by atoms with E-state index < -0.39 is 32.7 Å². The van der Waals surface area contributed by atoms with Crippen LogP contribution in [0.2, 0.25) is 0 Å². The Morgan fingerprint density at radius 3 is 2.55 bits per heavy atom. The van der Waals surface area contributed by atoms with E-state index in [2.05, 4.69) is 20.7 Å². The van der Waals surface area contributed by atoms with Crippen molar-refractivity contribution in [2.45, 2.75) is 5.09 Å². The van der Waals surface area contributed by atoms with Crippen LogP contribution in [0, 0.1) is 5.82 Å². The second-order valence-corrected chi connectivity index (χ2v) is 6.13. The van der Waals surface area contributed by atoms with E-state index in [1.165, 1.54) is 12.1 Å². The molecule has 0 radical (unpaired) electrons. The third-order valence-corrected chi connectivity index (χ3v) is 4.09. The van der Waals surface area contributed by atoms with Crippen molar-refractivity contribution >= 4 is 37.6 Å². The standard InChI is InChI=1S/C11H7BrFNO5S/c12-7-5-6(1-2-8(7)13)14-20(17,18)10-4-3-9(19-10)11(15)16/h1-5,14H,(H,15,16). The van der Waals surface area contributed by atoms with Crippen molar-refractivity contribution in [1.29, 1.82) is 0 Å². The molecule has 0 amide bonds. The van der Waals surface area contributed by atoms with Crippen LogP contribution in [0.5, 0.6) is 0 Å². The molecular formula is C11H7BrFNO5S. The number of carboxylic acids is 1. The normalized spacial score (nSPS) is 11.3. The molecule has 0 bridgehead atoms. The van der Waals surface area contributed by atoms with Gasteiger partial charge in [0, 0.05) is 0 Å². The van der Waals surface area contributed by atoms with Crippen LogP contribution in [0.1, 0.15) is 10.6 Å². The van der Waals surface area contributed by atoms with Crippen molar-refractivity contribution < 1.29 is 27.1 Å². The van der Waals surface area contributed by atoms with Gasteiger partial charge in [0.2, 0.25) is 10.9 Å². The molecule has 0 aliphatic rings. The first-order chi connectivity index (χ1) is 9.29. The Hall–Kier alpha value is -1.87. The Balaban J connectivity index is 2.30. The number of nitrogens with one attached hydrogen (secondary N) is 1. The molecule has 2 aromatic rings. The van der Waals surface area contributed by atoms with E-state index in [1.54, 1.807) is 0 Å². The lowest BCUT2D eigenvalue weighted by atomic mass is 10.3. The minimum Gasteiger partial charge on any atom is -0.475 e. The molecule has 106 valence electrons. The highest BCUT2D eigenvalue weighted by atomic mass is 79.9. The van der Waals surface area contributed by atoms with E-state index in [0.717, 1.165) is 18.2 Å². The number of anilines is 1. The minimum absolute atomic E-state index is 0.0865. The zero-order chi connectivity index (χ0) is 14.9. The predicted octanol–water partition coefficient (Wildman–Crippen LogP) is 2.68. The molecule has 0 fully saturated rings. The highest BCUT2D eigenvalue weighted by molar-refractivity contribution is 9.10. The molecule has 20 heavy (non-hydrogen) atoms. The fraction of sp³-hybridized carbons (Fsp3) is 0. The summed E-state index contributed by atoms with van der Waals surface area (Å²) in [6.45, 7) is 0. The van der Waals surface area contributed by atoms with Gasteiger partial charge in [-0.1, -0.05) is 0 Å². The third-order valence-electron chi connectivity index (χ3n) is 2.23. The highest BCUT2D eigenvalue weighted by Gasteiger charge is 2.21. The van der Waals surface area contributed by atoms with E-state index >= 15 is 0 Å². The molecule has 1 aromatic carbocycles. The maximum atomic E-state index is 13.0. The molecule has 2 rings (SSSR count). The average molecular weight is 364 g/mol. The van der Waals surface area contributed by atoms with E-state index in [1.807, 2.05) is 0 Å². The Labute approximate surface area is 121 Å². The van der Waals surface area contributed by atoms with Gasteiger partial charge in [-0.15, -0.1) is 0 Å². The lowest BCUT2D eigenvalue weighted by molar-refractivity contribution is 0.0656. The summed E-state index contributed by atoms with van der Waals surface area (Å²) in [6, 6.07) is 5.57. The Morgan fingerprint density at radius 2 is 2.00 bits per heavy atom. The fourth-order valence-corrected chi connectivity index (χ4v) is 2.71. The van der Waals surface area contributed by atoms with Crippen LogP contribution >= 0.6 is 15.9 Å². The van der Waals surface area contributed by atoms with Gasteiger partial charge in [-0.3, -0.25) is 4.72 Å². The van der Waals surface area contributed by atoms with Crippen LogP contribution in [0.3, 0.4) is 0 Å². The van der Waals surface area contributed by atoms with Crippen molar-refractivity contribution in [2.75, 3.05) is 4.72 Å². The number of hydrogen-bond acceptors (Lipinski definition) is 4. The summed E-state index contributed by atoms with van der Waals surface area (Å²) in [5, 5.41) is 8.12. The van der Waals surface area contributed by atoms with Crippen LogP contribution in [0.25, 0.3) is 0 Å². The molecule has 1 heterocycles. The monoisotopic (exact) mass is 363 g/mol. The molecule has 0 unspecified atom stereocenters. The zero-order valence-electron chi connectivity index (χ0n) is 9.63. The number of carbonyl (C=O) groups is 1. The zero-order valence-corrected chi connectivity index (χ0v) is 12.0. The molecule has 1 aromatic heterocycles. The van der Waals surface area contributed by atoms with E-state index in [0.29, 0.717) is 0 Å². The summed E-state index contributed by atoms with van der Waals surface area (Å²) >= 11 is 2.92. The van der Waals surface area contributed by atoms with Gasteiger partial charge in [0.1, 0.15) is 5.82 Å². The van der Waals surface area contributed by atoms with Gasteiger partial charge in [0.05, 0.1) is 10.2 Å². The first-order valence-corrected chi connectivity index (χ1v) is 7.38. The van der Waals surface area contributed by atoms with Crippen LogP contribution in [-0.2, 0) is 10.0 Å². The molecule has 0 saturated heterocycles. The summed E-state index contributed by atoms with van der Waals surface area (Å²) in [5.74, 6) is -2.42. The molecule has 0 atom stereocenters. The summed E-state index contributed by atoms with van der Waals surface area (Å²) in [6.07, 6.45) is 0. The topological polar surface area (TPSA) is 96.6 Å². The van der Waals surface area contributed by atoms with Gasteiger partial charge in [-0.25, -0.2) is 9.18 Å². The molecular weight excluding hydrogens is 357 g/mol. The van der Waals surface area contributed by atoms with Gasteiger partial charge in [-0.05, 0) is 46.3 Å². The number of benzene rings is 1. The molecule has 0 saturated carbocycles. The number of carboxylic acid groups (broad SMARTS) is 1. The van der Waals surface area contributed by atoms with Crippen molar-refractivity contribution in [3.05, 3.63) is 46.4 Å². The van der Waals surface area contributed by atoms with E-state index in [9.17, 15) is 17.6 Å². The maximum absolute atomic E-state index is 13.0. The van der Waals surface area contributed by atoms with Crippen molar-refractivity contribution in [3.63, 3.8) is 0 Å². The highest BCUT2D eigenvalue weighted by Crippen LogP contribution is 2.23. The summed E-state index contributed by atoms with van der Waals surface area (Å²) < 4.78 is 43.8. The average Bonchev–Trinajstić information content (AvgIpc) is 2.84. The lowest BCUT2D eigenvalue weighted by Gasteiger charge is -2.06. The number of sulfonamides is 1. The molecule has 0 aliphatic heterocycles. The predicted molar refractivity (Wildman–Crippen MR) is 70.6 cm³/mol. The van der Waals surface area contributed by atoms with Crippen molar-refractivity contribution in [3.8, 4) is 0 Å². The second-order valence-electron chi connectivity index (χ2n) is 3.66. The Bertz CT molecular complexity index is 771. The first-order valence-electron chi connectivity index (χ1n) is 5.10. The van der Waals surface area contributed by atoms with Crippen LogP contribution in [0.15, 0.2) is 44.3 Å². The molecule has 0 aliphatic carbocycles. The molecule has 9 heteroatoms. The smallest absolute Gasteiger partial charge is 0.371 e. The van der Waals surface area contributed by atoms with Crippen molar-refractivity contribution in [1.82, 2.24) is 0 Å². The van der Waals surface area contributed by atoms with Crippen molar-refractivity contribution in [2.24, 2.45) is 0 Å². The Morgan fingerprint density at radius 1 is 1.30 bits per heavy atom. The molecule has 0 spiro atoms. The van der Waals surface area contributed by atoms with E-state index in [4.69, 9.17) is 9.52 Å². The van der Waals surface area contributed by atoms with E-state index in [-0.39, 0.29) is 10.2 Å². The van der Waals surface area contributed by atoms with Gasteiger partial charge in [0.15, 0.2) is 0 Å².